The summed E-state index contributed by atoms with van der Waals surface area (Å²) in [5.41, 5.74) is 0.641. The van der Waals surface area contributed by atoms with Crippen LogP contribution in [0.15, 0.2) is 24.3 Å². The summed E-state index contributed by atoms with van der Waals surface area (Å²) in [6, 6.07) is 7.02. The Labute approximate surface area is 182 Å². The lowest BCUT2D eigenvalue weighted by Gasteiger charge is -2.18. The molecule has 0 aliphatic rings. The van der Waals surface area contributed by atoms with Gasteiger partial charge in [0.2, 0.25) is 11.8 Å². The molecule has 1 aromatic rings. The Kier molecular flexibility index (Phi) is 13.4. The molecule has 0 aliphatic carbocycles. The third kappa shape index (κ3) is 12.3. The van der Waals surface area contributed by atoms with Crippen molar-refractivity contribution in [1.29, 1.82) is 0 Å². The van der Waals surface area contributed by atoms with Gasteiger partial charge in [-0.05, 0) is 24.3 Å². The lowest BCUT2D eigenvalue weighted by Crippen LogP contribution is -2.35. The van der Waals surface area contributed by atoms with Gasteiger partial charge in [0.1, 0.15) is 18.9 Å². The quantitative estimate of drug-likeness (QED) is 0.319. The predicted octanol–water partition coefficient (Wildman–Crippen LogP) is 2.62. The van der Waals surface area contributed by atoms with Gasteiger partial charge in [0, 0.05) is 38.0 Å². The fraction of sp³-hybridized carbons (Fsp3) is 0.571. The summed E-state index contributed by atoms with van der Waals surface area (Å²) in [6.45, 7) is 3.48. The number of carbonyl (C=O) groups is 3. The molecule has 0 saturated carbocycles. The Hall–Kier alpha value is -2.26. The Bertz CT molecular complexity index is 671. The van der Waals surface area contributed by atoms with E-state index in [1.807, 2.05) is 0 Å². The Balaban J connectivity index is 2.47. The first-order valence-corrected chi connectivity index (χ1v) is 11.1. The molecule has 168 valence electrons. The number of amides is 2. The van der Waals surface area contributed by atoms with Crippen LogP contribution in [0.3, 0.4) is 0 Å². The number of carbonyl (C=O) groups excluding carboxylic acids is 3. The van der Waals surface area contributed by atoms with E-state index >= 15 is 0 Å². The van der Waals surface area contributed by atoms with Crippen LogP contribution in [0.1, 0.15) is 33.1 Å². The van der Waals surface area contributed by atoms with Gasteiger partial charge in [0.05, 0.1) is 6.61 Å². The molecule has 1 unspecified atom stereocenters. The molecule has 30 heavy (non-hydrogen) atoms. The lowest BCUT2D eigenvalue weighted by molar-refractivity contribution is -0.153. The summed E-state index contributed by atoms with van der Waals surface area (Å²) >= 11 is 1.78. The average Bonchev–Trinajstić information content (AvgIpc) is 2.71. The number of anilines is 1. The molecular weight excluding hydrogens is 408 g/mol. The molecule has 2 amide bonds. The van der Waals surface area contributed by atoms with Crippen molar-refractivity contribution in [2.45, 2.75) is 39.2 Å². The topological polar surface area (TPSA) is 103 Å². The van der Waals surface area contributed by atoms with Gasteiger partial charge in [-0.15, -0.1) is 0 Å². The molecule has 0 aliphatic heterocycles. The maximum atomic E-state index is 12.1. The van der Waals surface area contributed by atoms with E-state index in [1.165, 1.54) is 14.0 Å². The van der Waals surface area contributed by atoms with Crippen LogP contribution < -0.4 is 15.4 Å². The van der Waals surface area contributed by atoms with Crippen LogP contribution in [0.4, 0.5) is 5.69 Å². The van der Waals surface area contributed by atoms with Crippen molar-refractivity contribution in [3.63, 3.8) is 0 Å². The molecule has 1 rings (SSSR count). The third-order valence-electron chi connectivity index (χ3n) is 3.80. The highest BCUT2D eigenvalue weighted by molar-refractivity contribution is 7.99. The van der Waals surface area contributed by atoms with Crippen molar-refractivity contribution in [3.8, 4) is 5.75 Å². The van der Waals surface area contributed by atoms with E-state index in [1.54, 1.807) is 36.0 Å². The monoisotopic (exact) mass is 440 g/mol. The van der Waals surface area contributed by atoms with Crippen molar-refractivity contribution in [2.75, 3.05) is 43.7 Å². The smallest absolute Gasteiger partial charge is 0.325 e. The minimum Gasteiger partial charge on any atom is -0.490 e. The van der Waals surface area contributed by atoms with Crippen LogP contribution in [-0.2, 0) is 23.9 Å². The first-order chi connectivity index (χ1) is 14.4. The van der Waals surface area contributed by atoms with Gasteiger partial charge >= 0.3 is 5.97 Å². The van der Waals surface area contributed by atoms with Crippen LogP contribution in [-0.4, -0.2) is 62.3 Å². The van der Waals surface area contributed by atoms with Gasteiger partial charge in [-0.1, -0.05) is 19.4 Å². The van der Waals surface area contributed by atoms with Crippen LogP contribution in [0.5, 0.6) is 5.75 Å². The number of rotatable bonds is 15. The van der Waals surface area contributed by atoms with E-state index in [-0.39, 0.29) is 31.6 Å². The maximum absolute atomic E-state index is 12.1. The molecule has 0 saturated heterocycles. The standard InChI is InChI=1S/C21H32N2O6S/c1-4-5-10-30-11-9-20(25)23-17-7-6-8-18(12-17)28-15-19(14-27-3)29-21(26)13-22-16(2)24/h6-8,12,19H,4-5,9-11,13-15H2,1-3H3,(H,22,24)(H,23,25). The normalized spacial score (nSPS) is 11.4. The second kappa shape index (κ2) is 15.6. The zero-order valence-electron chi connectivity index (χ0n) is 17.9. The lowest BCUT2D eigenvalue weighted by atomic mass is 10.3. The molecule has 0 radical (unpaired) electrons. The van der Waals surface area contributed by atoms with E-state index < -0.39 is 12.1 Å². The first kappa shape index (κ1) is 25.8. The van der Waals surface area contributed by atoms with E-state index in [2.05, 4.69) is 17.6 Å². The second-order valence-corrected chi connectivity index (χ2v) is 7.80. The number of unbranched alkanes of at least 4 members (excludes halogenated alkanes) is 1. The first-order valence-electron chi connectivity index (χ1n) is 9.97. The number of nitrogens with one attached hydrogen (secondary N) is 2. The van der Waals surface area contributed by atoms with E-state index in [0.717, 1.165) is 24.3 Å². The molecule has 0 heterocycles. The molecule has 9 heteroatoms. The highest BCUT2D eigenvalue weighted by atomic mass is 32.2. The van der Waals surface area contributed by atoms with E-state index in [0.29, 0.717) is 17.9 Å². The van der Waals surface area contributed by atoms with Crippen LogP contribution >= 0.6 is 11.8 Å². The molecule has 8 nitrogen and oxygen atoms in total. The van der Waals surface area contributed by atoms with Crippen LogP contribution in [0.2, 0.25) is 0 Å². The number of thioether (sulfide) groups is 1. The van der Waals surface area contributed by atoms with Gasteiger partial charge in [0.25, 0.3) is 0 Å². The molecule has 0 bridgehead atoms. The van der Waals surface area contributed by atoms with Crippen molar-refractivity contribution in [3.05, 3.63) is 24.3 Å². The van der Waals surface area contributed by atoms with Crippen molar-refractivity contribution in [1.82, 2.24) is 5.32 Å². The number of methoxy groups -OCH3 is 1. The summed E-state index contributed by atoms with van der Waals surface area (Å²) < 4.78 is 16.0. The average molecular weight is 441 g/mol. The third-order valence-corrected chi connectivity index (χ3v) is 4.87. The number of benzene rings is 1. The Morgan fingerprint density at radius 2 is 1.97 bits per heavy atom. The van der Waals surface area contributed by atoms with Gasteiger partial charge in [-0.2, -0.15) is 11.8 Å². The minimum atomic E-state index is -0.630. The largest absolute Gasteiger partial charge is 0.490 e. The summed E-state index contributed by atoms with van der Waals surface area (Å²) in [4.78, 5) is 34.7. The van der Waals surface area contributed by atoms with Gasteiger partial charge in [-0.3, -0.25) is 14.4 Å². The summed E-state index contributed by atoms with van der Waals surface area (Å²) in [5, 5.41) is 5.24. The Morgan fingerprint density at radius 3 is 2.67 bits per heavy atom. The van der Waals surface area contributed by atoms with Gasteiger partial charge in [0.15, 0.2) is 6.10 Å². The number of ether oxygens (including phenoxy) is 3. The molecule has 1 aromatic carbocycles. The highest BCUT2D eigenvalue weighted by Crippen LogP contribution is 2.18. The second-order valence-electron chi connectivity index (χ2n) is 6.58. The minimum absolute atomic E-state index is 0.0414. The predicted molar refractivity (Wildman–Crippen MR) is 118 cm³/mol. The highest BCUT2D eigenvalue weighted by Gasteiger charge is 2.16. The van der Waals surface area contributed by atoms with E-state index in [9.17, 15) is 14.4 Å². The molecule has 0 aromatic heterocycles. The molecule has 2 N–H and O–H groups in total. The molecule has 0 fully saturated rings. The zero-order valence-corrected chi connectivity index (χ0v) is 18.7. The number of esters is 1. The fourth-order valence-corrected chi connectivity index (χ4v) is 3.34. The SMILES string of the molecule is CCCCSCCC(=O)Nc1cccc(OCC(COC)OC(=O)CNC(C)=O)c1. The number of hydrogen-bond donors (Lipinski definition) is 2. The number of hydrogen-bond acceptors (Lipinski definition) is 7. The van der Waals surface area contributed by atoms with Gasteiger partial charge in [-0.25, -0.2) is 0 Å². The molecule has 1 atom stereocenters. The van der Waals surface area contributed by atoms with Gasteiger partial charge < -0.3 is 24.8 Å². The summed E-state index contributed by atoms with van der Waals surface area (Å²) in [6.07, 6.45) is 2.15. The molecular formula is C21H32N2O6S. The summed E-state index contributed by atoms with van der Waals surface area (Å²) in [5.74, 6) is 1.47. The van der Waals surface area contributed by atoms with Crippen molar-refractivity contribution in [2.24, 2.45) is 0 Å². The van der Waals surface area contributed by atoms with Crippen molar-refractivity contribution >= 4 is 35.2 Å². The molecule has 0 spiro atoms. The van der Waals surface area contributed by atoms with E-state index in [4.69, 9.17) is 14.2 Å². The fourth-order valence-electron chi connectivity index (χ4n) is 2.32. The Morgan fingerprint density at radius 1 is 1.17 bits per heavy atom. The maximum Gasteiger partial charge on any atom is 0.325 e. The zero-order chi connectivity index (χ0) is 22.2. The van der Waals surface area contributed by atoms with Crippen LogP contribution in [0.25, 0.3) is 0 Å². The van der Waals surface area contributed by atoms with Crippen molar-refractivity contribution < 1.29 is 28.6 Å². The van der Waals surface area contributed by atoms with Crippen LogP contribution in [0, 0.1) is 0 Å². The summed E-state index contributed by atoms with van der Waals surface area (Å²) in [7, 11) is 1.49.